The van der Waals surface area contributed by atoms with Crippen LogP contribution in [0.2, 0.25) is 0 Å². The van der Waals surface area contributed by atoms with E-state index in [1.54, 1.807) is 0 Å². The maximum atomic E-state index is 4.62. The average molecular weight is 295 g/mol. The van der Waals surface area contributed by atoms with Gasteiger partial charge in [0.25, 0.3) is 0 Å². The molecule has 2 heterocycles. The van der Waals surface area contributed by atoms with Gasteiger partial charge in [0.15, 0.2) is 5.13 Å². The molecule has 0 saturated carbocycles. The number of aromatic nitrogens is 1. The summed E-state index contributed by atoms with van der Waals surface area (Å²) in [6.45, 7) is 12.3. The van der Waals surface area contributed by atoms with Crippen LogP contribution in [0.5, 0.6) is 0 Å². The fourth-order valence-corrected chi connectivity index (χ4v) is 3.87. The van der Waals surface area contributed by atoms with Crippen LogP contribution in [-0.4, -0.2) is 24.1 Å². The maximum absolute atomic E-state index is 4.62. The smallest absolute Gasteiger partial charge is 0.185 e. The molecule has 1 fully saturated rings. The molecule has 1 aliphatic rings. The van der Waals surface area contributed by atoms with Gasteiger partial charge in [-0.1, -0.05) is 40.5 Å². The van der Waals surface area contributed by atoms with Gasteiger partial charge in [-0.25, -0.2) is 4.98 Å². The van der Waals surface area contributed by atoms with E-state index in [0.717, 1.165) is 6.54 Å². The molecule has 0 spiro atoms. The zero-order valence-electron chi connectivity index (χ0n) is 13.4. The number of nitrogens with one attached hydrogen (secondary N) is 1. The van der Waals surface area contributed by atoms with Gasteiger partial charge in [-0.15, -0.1) is 11.3 Å². The third-order valence-corrected chi connectivity index (χ3v) is 5.88. The molecule has 1 aromatic heterocycles. The second kappa shape index (κ2) is 6.90. The van der Waals surface area contributed by atoms with Crippen LogP contribution in [0.3, 0.4) is 0 Å². The lowest BCUT2D eigenvalue weighted by Gasteiger charge is -2.40. The van der Waals surface area contributed by atoms with Crippen LogP contribution in [0, 0.1) is 5.41 Å². The van der Waals surface area contributed by atoms with Crippen molar-refractivity contribution in [1.29, 1.82) is 0 Å². The number of hydrogen-bond acceptors (Lipinski definition) is 4. The second-order valence-corrected chi connectivity index (χ2v) is 7.43. The Kier molecular flexibility index (Phi) is 5.44. The minimum atomic E-state index is 0.533. The highest BCUT2D eigenvalue weighted by molar-refractivity contribution is 7.15. The molecule has 0 atom stereocenters. The van der Waals surface area contributed by atoms with E-state index in [4.69, 9.17) is 0 Å². The molecule has 0 bridgehead atoms. The Balaban J connectivity index is 1.90. The van der Waals surface area contributed by atoms with Crippen molar-refractivity contribution in [3.8, 4) is 0 Å². The Hall–Kier alpha value is -0.610. The molecule has 0 amide bonds. The highest BCUT2D eigenvalue weighted by atomic mass is 32.1. The van der Waals surface area contributed by atoms with Gasteiger partial charge in [-0.05, 0) is 18.3 Å². The average Bonchev–Trinajstić information content (AvgIpc) is 2.94. The van der Waals surface area contributed by atoms with Gasteiger partial charge in [0.2, 0.25) is 0 Å². The maximum Gasteiger partial charge on any atom is 0.185 e. The number of hydrogen-bond donors (Lipinski definition) is 1. The van der Waals surface area contributed by atoms with Crippen molar-refractivity contribution in [3.05, 3.63) is 11.1 Å². The summed E-state index contributed by atoms with van der Waals surface area (Å²) in [4.78, 5) is 8.44. The predicted molar refractivity (Wildman–Crippen MR) is 88.6 cm³/mol. The van der Waals surface area contributed by atoms with Crippen LogP contribution in [0.25, 0.3) is 0 Å². The monoisotopic (exact) mass is 295 g/mol. The van der Waals surface area contributed by atoms with Gasteiger partial charge >= 0.3 is 0 Å². The van der Waals surface area contributed by atoms with E-state index in [1.165, 1.54) is 48.8 Å². The number of nitrogens with zero attached hydrogens (tertiary/aromatic N) is 2. The van der Waals surface area contributed by atoms with Crippen LogP contribution in [0.15, 0.2) is 6.20 Å². The molecule has 4 heteroatoms. The molecular weight excluding hydrogens is 266 g/mol. The van der Waals surface area contributed by atoms with Gasteiger partial charge in [0, 0.05) is 36.8 Å². The first-order chi connectivity index (χ1) is 9.58. The Morgan fingerprint density at radius 1 is 1.30 bits per heavy atom. The van der Waals surface area contributed by atoms with E-state index in [0.29, 0.717) is 11.5 Å². The standard InChI is InChI=1S/C16H29N3S/c1-5-16(6-2)7-9-19(10-8-16)15-18-12-14(20-15)11-17-13(3)4/h12-13,17H,5-11H2,1-4H3. The fourth-order valence-electron chi connectivity index (χ4n) is 2.96. The third kappa shape index (κ3) is 3.73. The number of piperidine rings is 1. The van der Waals surface area contributed by atoms with E-state index in [-0.39, 0.29) is 0 Å². The van der Waals surface area contributed by atoms with E-state index in [1.807, 2.05) is 17.5 Å². The molecule has 0 unspecified atom stereocenters. The van der Waals surface area contributed by atoms with Crippen molar-refractivity contribution in [1.82, 2.24) is 10.3 Å². The summed E-state index contributed by atoms with van der Waals surface area (Å²) in [6, 6.07) is 0.533. The van der Waals surface area contributed by atoms with Crippen LogP contribution in [0.1, 0.15) is 58.3 Å². The largest absolute Gasteiger partial charge is 0.348 e. The van der Waals surface area contributed by atoms with Crippen LogP contribution in [-0.2, 0) is 6.54 Å². The molecule has 114 valence electrons. The Labute approximate surface area is 127 Å². The van der Waals surface area contributed by atoms with Crippen molar-refractivity contribution in [3.63, 3.8) is 0 Å². The van der Waals surface area contributed by atoms with Crippen molar-refractivity contribution in [2.75, 3.05) is 18.0 Å². The Morgan fingerprint density at radius 3 is 2.50 bits per heavy atom. The highest BCUT2D eigenvalue weighted by Gasteiger charge is 2.31. The van der Waals surface area contributed by atoms with Crippen molar-refractivity contribution in [2.45, 2.75) is 66.0 Å². The van der Waals surface area contributed by atoms with Crippen LogP contribution >= 0.6 is 11.3 Å². The molecule has 0 aromatic carbocycles. The second-order valence-electron chi connectivity index (χ2n) is 6.34. The molecule has 0 aliphatic carbocycles. The normalized spacial score (nSPS) is 18.8. The SMILES string of the molecule is CCC1(CC)CCN(c2ncc(CNC(C)C)s2)CC1. The van der Waals surface area contributed by atoms with E-state index in [2.05, 4.69) is 42.9 Å². The summed E-state index contributed by atoms with van der Waals surface area (Å²) in [5.74, 6) is 0. The summed E-state index contributed by atoms with van der Waals surface area (Å²) in [7, 11) is 0. The van der Waals surface area contributed by atoms with E-state index < -0.39 is 0 Å². The molecule has 1 aliphatic heterocycles. The van der Waals surface area contributed by atoms with Gasteiger partial charge < -0.3 is 10.2 Å². The molecule has 2 rings (SSSR count). The third-order valence-electron chi connectivity index (χ3n) is 4.82. The molecule has 20 heavy (non-hydrogen) atoms. The number of thiazole rings is 1. The van der Waals surface area contributed by atoms with Crippen molar-refractivity contribution >= 4 is 16.5 Å². The van der Waals surface area contributed by atoms with Crippen molar-refractivity contribution < 1.29 is 0 Å². The van der Waals surface area contributed by atoms with Crippen molar-refractivity contribution in [2.24, 2.45) is 5.41 Å². The van der Waals surface area contributed by atoms with Gasteiger partial charge in [-0.2, -0.15) is 0 Å². The Morgan fingerprint density at radius 2 is 1.95 bits per heavy atom. The van der Waals surface area contributed by atoms with E-state index >= 15 is 0 Å². The zero-order chi connectivity index (χ0) is 14.6. The van der Waals surface area contributed by atoms with Crippen LogP contribution < -0.4 is 10.2 Å². The number of rotatable bonds is 6. The topological polar surface area (TPSA) is 28.2 Å². The molecule has 1 N–H and O–H groups in total. The van der Waals surface area contributed by atoms with Gasteiger partial charge in [0.05, 0.1) is 0 Å². The lowest BCUT2D eigenvalue weighted by atomic mass is 9.74. The lowest BCUT2D eigenvalue weighted by molar-refractivity contribution is 0.199. The van der Waals surface area contributed by atoms with E-state index in [9.17, 15) is 0 Å². The fraction of sp³-hybridized carbons (Fsp3) is 0.812. The first kappa shape index (κ1) is 15.8. The minimum absolute atomic E-state index is 0.533. The zero-order valence-corrected chi connectivity index (χ0v) is 14.2. The summed E-state index contributed by atoms with van der Waals surface area (Å²) in [6.07, 6.45) is 7.31. The quantitative estimate of drug-likeness (QED) is 0.858. The molecular formula is C16H29N3S. The summed E-state index contributed by atoms with van der Waals surface area (Å²) in [5.41, 5.74) is 0.593. The number of anilines is 1. The van der Waals surface area contributed by atoms with Gasteiger partial charge in [-0.3, -0.25) is 0 Å². The summed E-state index contributed by atoms with van der Waals surface area (Å²) >= 11 is 1.85. The first-order valence-corrected chi connectivity index (χ1v) is 8.83. The molecule has 3 nitrogen and oxygen atoms in total. The first-order valence-electron chi connectivity index (χ1n) is 8.01. The van der Waals surface area contributed by atoms with Gasteiger partial charge in [0.1, 0.15) is 0 Å². The summed E-state index contributed by atoms with van der Waals surface area (Å²) in [5, 5.41) is 4.68. The predicted octanol–water partition coefficient (Wildman–Crippen LogP) is 4.05. The Bertz CT molecular complexity index is 400. The molecule has 1 aromatic rings. The molecule has 0 radical (unpaired) electrons. The summed E-state index contributed by atoms with van der Waals surface area (Å²) < 4.78 is 0. The highest BCUT2D eigenvalue weighted by Crippen LogP contribution is 2.39. The lowest BCUT2D eigenvalue weighted by Crippen LogP contribution is -2.39. The molecule has 1 saturated heterocycles. The minimum Gasteiger partial charge on any atom is -0.348 e. The van der Waals surface area contributed by atoms with Crippen LogP contribution in [0.4, 0.5) is 5.13 Å².